The number of anilines is 2. The number of halogens is 1. The first-order valence-corrected chi connectivity index (χ1v) is 12.5. The average molecular weight is 504 g/mol. The van der Waals surface area contributed by atoms with Crippen LogP contribution in [0.25, 0.3) is 11.4 Å². The lowest BCUT2D eigenvalue weighted by atomic mass is 10.2. The number of piperazine rings is 1. The zero-order valence-corrected chi connectivity index (χ0v) is 21.2. The maximum absolute atomic E-state index is 14.0. The number of hydrogen-bond donors (Lipinski definition) is 3. The second-order valence-electron chi connectivity index (χ2n) is 9.11. The third-order valence-electron chi connectivity index (χ3n) is 6.10. The molecule has 1 aromatic heterocycles. The number of hydrogen-bond acceptors (Lipinski definition) is 7. The molecule has 1 aliphatic heterocycles. The lowest BCUT2D eigenvalue weighted by Gasteiger charge is -2.35. The summed E-state index contributed by atoms with van der Waals surface area (Å²) in [5, 5.41) is 9.37. The summed E-state index contributed by atoms with van der Waals surface area (Å²) in [6, 6.07) is 18.6. The molecular formula is C28H34FN7O. The second kappa shape index (κ2) is 12.9. The van der Waals surface area contributed by atoms with Gasteiger partial charge in [0.05, 0.1) is 0 Å². The quantitative estimate of drug-likeness (QED) is 0.345. The maximum atomic E-state index is 14.0. The standard InChI is InChI=1S/C28H34FN7O/c1-21(19-35-14-16-36(17-15-35)20-24-10-6-7-11-25(24)29)32-27-18-26(31-13-12-30-22(2)37)33-28(34-27)23-8-4-3-5-9-23/h3-11,18H,1,12-17,19-20H2,2H3,(H,30,37)(H2,31,32,33,34). The highest BCUT2D eigenvalue weighted by atomic mass is 19.1. The van der Waals surface area contributed by atoms with Gasteiger partial charge in [-0.2, -0.15) is 0 Å². The summed E-state index contributed by atoms with van der Waals surface area (Å²) in [5.74, 6) is 1.70. The molecule has 0 aliphatic carbocycles. The molecule has 8 nitrogen and oxygen atoms in total. The molecule has 1 saturated heterocycles. The van der Waals surface area contributed by atoms with Crippen molar-refractivity contribution in [1.29, 1.82) is 0 Å². The van der Waals surface area contributed by atoms with E-state index in [1.54, 1.807) is 6.07 Å². The summed E-state index contributed by atoms with van der Waals surface area (Å²) in [4.78, 5) is 25.1. The number of aromatic nitrogens is 2. The van der Waals surface area contributed by atoms with Gasteiger partial charge in [-0.05, 0) is 6.07 Å². The first-order valence-electron chi connectivity index (χ1n) is 12.5. The van der Waals surface area contributed by atoms with E-state index in [-0.39, 0.29) is 11.7 Å². The van der Waals surface area contributed by atoms with Gasteiger partial charge in [0.15, 0.2) is 5.82 Å². The first-order chi connectivity index (χ1) is 18.0. The molecule has 0 radical (unpaired) electrons. The Balaban J connectivity index is 1.34. The molecule has 1 amide bonds. The van der Waals surface area contributed by atoms with Crippen molar-refractivity contribution in [2.45, 2.75) is 13.5 Å². The Labute approximate surface area is 217 Å². The number of carbonyl (C=O) groups excluding carboxylic acids is 1. The Morgan fingerprint density at radius 1 is 0.946 bits per heavy atom. The minimum atomic E-state index is -0.147. The van der Waals surface area contributed by atoms with Crippen molar-refractivity contribution in [1.82, 2.24) is 25.1 Å². The minimum absolute atomic E-state index is 0.0684. The van der Waals surface area contributed by atoms with E-state index in [4.69, 9.17) is 4.98 Å². The molecule has 0 saturated carbocycles. The summed E-state index contributed by atoms with van der Waals surface area (Å²) in [6.45, 7) is 11.6. The van der Waals surface area contributed by atoms with Crippen LogP contribution in [0.5, 0.6) is 0 Å². The molecule has 2 heterocycles. The van der Waals surface area contributed by atoms with Gasteiger partial charge >= 0.3 is 0 Å². The van der Waals surface area contributed by atoms with Crippen LogP contribution in [-0.4, -0.2) is 71.5 Å². The van der Waals surface area contributed by atoms with Crippen LogP contribution in [0.1, 0.15) is 12.5 Å². The van der Waals surface area contributed by atoms with Crippen molar-refractivity contribution >= 4 is 17.5 Å². The van der Waals surface area contributed by atoms with Crippen LogP contribution >= 0.6 is 0 Å². The van der Waals surface area contributed by atoms with Crippen LogP contribution in [-0.2, 0) is 11.3 Å². The minimum Gasteiger partial charge on any atom is -0.368 e. The van der Waals surface area contributed by atoms with E-state index in [0.717, 1.165) is 43.0 Å². The molecule has 37 heavy (non-hydrogen) atoms. The van der Waals surface area contributed by atoms with Crippen LogP contribution in [0.4, 0.5) is 16.0 Å². The Bertz CT molecular complexity index is 1200. The van der Waals surface area contributed by atoms with Crippen molar-refractivity contribution in [3.63, 3.8) is 0 Å². The van der Waals surface area contributed by atoms with E-state index in [9.17, 15) is 9.18 Å². The molecule has 0 bridgehead atoms. The molecule has 1 fully saturated rings. The van der Waals surface area contributed by atoms with E-state index in [1.165, 1.54) is 13.0 Å². The van der Waals surface area contributed by atoms with Crippen LogP contribution < -0.4 is 16.0 Å². The van der Waals surface area contributed by atoms with Gasteiger partial charge in [0.2, 0.25) is 5.91 Å². The van der Waals surface area contributed by atoms with Gasteiger partial charge in [-0.15, -0.1) is 0 Å². The first kappa shape index (κ1) is 26.2. The smallest absolute Gasteiger partial charge is 0.216 e. The van der Waals surface area contributed by atoms with Crippen molar-refractivity contribution in [3.8, 4) is 11.4 Å². The average Bonchev–Trinajstić information content (AvgIpc) is 2.89. The topological polar surface area (TPSA) is 85.4 Å². The molecule has 0 atom stereocenters. The molecule has 2 aromatic carbocycles. The zero-order valence-electron chi connectivity index (χ0n) is 21.2. The second-order valence-corrected chi connectivity index (χ2v) is 9.11. The molecule has 194 valence electrons. The van der Waals surface area contributed by atoms with Crippen LogP contribution in [0.2, 0.25) is 0 Å². The molecule has 4 rings (SSSR count). The zero-order chi connectivity index (χ0) is 26.0. The fraction of sp³-hybridized carbons (Fsp3) is 0.321. The van der Waals surface area contributed by atoms with E-state index >= 15 is 0 Å². The van der Waals surface area contributed by atoms with Gasteiger partial charge in [0, 0.05) is 82.2 Å². The third-order valence-corrected chi connectivity index (χ3v) is 6.10. The highest BCUT2D eigenvalue weighted by Crippen LogP contribution is 2.21. The normalized spacial score (nSPS) is 14.2. The van der Waals surface area contributed by atoms with E-state index in [0.29, 0.717) is 43.6 Å². The van der Waals surface area contributed by atoms with Gasteiger partial charge in [0.1, 0.15) is 17.5 Å². The van der Waals surface area contributed by atoms with E-state index in [1.807, 2.05) is 48.5 Å². The molecule has 9 heteroatoms. The predicted octanol–water partition coefficient (Wildman–Crippen LogP) is 3.57. The Hall–Kier alpha value is -3.82. The van der Waals surface area contributed by atoms with Gasteiger partial charge in [-0.1, -0.05) is 55.1 Å². The van der Waals surface area contributed by atoms with Gasteiger partial charge in [0.25, 0.3) is 0 Å². The Kier molecular flexibility index (Phi) is 9.18. The SMILES string of the molecule is C=C(CN1CCN(Cc2ccccc2F)CC1)Nc1cc(NCCNC(C)=O)nc(-c2ccccc2)n1. The van der Waals surface area contributed by atoms with Crippen molar-refractivity contribution in [2.24, 2.45) is 0 Å². The summed E-state index contributed by atoms with van der Waals surface area (Å²) in [6.07, 6.45) is 0. The fourth-order valence-corrected chi connectivity index (χ4v) is 4.21. The van der Waals surface area contributed by atoms with Crippen LogP contribution in [0, 0.1) is 5.82 Å². The third kappa shape index (κ3) is 8.09. The summed E-state index contributed by atoms with van der Waals surface area (Å²) >= 11 is 0. The van der Waals surface area contributed by atoms with Gasteiger partial charge in [-0.25, -0.2) is 14.4 Å². The van der Waals surface area contributed by atoms with Gasteiger partial charge in [-0.3, -0.25) is 14.6 Å². The van der Waals surface area contributed by atoms with Crippen molar-refractivity contribution < 1.29 is 9.18 Å². The highest BCUT2D eigenvalue weighted by Gasteiger charge is 2.19. The highest BCUT2D eigenvalue weighted by molar-refractivity contribution is 5.72. The molecule has 3 N–H and O–H groups in total. The predicted molar refractivity (Wildman–Crippen MR) is 146 cm³/mol. The summed E-state index contributed by atoms with van der Waals surface area (Å²) in [5.41, 5.74) is 2.48. The van der Waals surface area contributed by atoms with Gasteiger partial charge < -0.3 is 16.0 Å². The number of amides is 1. The van der Waals surface area contributed by atoms with E-state index < -0.39 is 0 Å². The van der Waals surface area contributed by atoms with E-state index in [2.05, 4.69) is 37.3 Å². The monoisotopic (exact) mass is 503 g/mol. The number of carbonyl (C=O) groups is 1. The van der Waals surface area contributed by atoms with Crippen LogP contribution in [0.15, 0.2) is 72.9 Å². The summed E-state index contributed by atoms with van der Waals surface area (Å²) < 4.78 is 14.0. The molecular weight excluding hydrogens is 469 g/mol. The number of nitrogens with one attached hydrogen (secondary N) is 3. The Morgan fingerprint density at radius 2 is 1.62 bits per heavy atom. The van der Waals surface area contributed by atoms with Crippen molar-refractivity contribution in [2.75, 3.05) is 56.4 Å². The van der Waals surface area contributed by atoms with Crippen LogP contribution in [0.3, 0.4) is 0 Å². The number of nitrogens with zero attached hydrogens (tertiary/aromatic N) is 4. The van der Waals surface area contributed by atoms with Crippen molar-refractivity contribution in [3.05, 3.63) is 84.3 Å². The fourth-order valence-electron chi connectivity index (χ4n) is 4.21. The Morgan fingerprint density at radius 3 is 2.35 bits per heavy atom. The maximum Gasteiger partial charge on any atom is 0.216 e. The largest absolute Gasteiger partial charge is 0.368 e. The lowest BCUT2D eigenvalue weighted by Crippen LogP contribution is -2.46. The number of benzene rings is 2. The lowest BCUT2D eigenvalue weighted by molar-refractivity contribution is -0.118. The molecule has 0 spiro atoms. The summed E-state index contributed by atoms with van der Waals surface area (Å²) in [7, 11) is 0. The molecule has 1 aliphatic rings. The molecule has 3 aromatic rings. The molecule has 0 unspecified atom stereocenters. The number of rotatable bonds is 11.